The maximum Gasteiger partial charge on any atom is 0.240 e. The fourth-order valence-electron chi connectivity index (χ4n) is 2.14. The van der Waals surface area contributed by atoms with Crippen LogP contribution in [0, 0.1) is 12.7 Å². The SMILES string of the molecule is Cc1c(N)cc(S(=O)(=O)NCCC2CCCO2)cc1F. The highest BCUT2D eigenvalue weighted by molar-refractivity contribution is 7.89. The topological polar surface area (TPSA) is 81.4 Å². The van der Waals surface area contributed by atoms with Gasteiger partial charge < -0.3 is 10.5 Å². The average molecular weight is 302 g/mol. The Morgan fingerprint density at radius 2 is 2.25 bits per heavy atom. The Kier molecular flexibility index (Phi) is 4.62. The lowest BCUT2D eigenvalue weighted by Crippen LogP contribution is -2.27. The Morgan fingerprint density at radius 3 is 2.85 bits per heavy atom. The summed E-state index contributed by atoms with van der Waals surface area (Å²) in [5, 5.41) is 0. The zero-order valence-corrected chi connectivity index (χ0v) is 12.2. The second-order valence-electron chi connectivity index (χ2n) is 4.94. The normalized spacial score (nSPS) is 19.4. The summed E-state index contributed by atoms with van der Waals surface area (Å²) in [5.74, 6) is -0.621. The molecule has 3 N–H and O–H groups in total. The molecule has 0 saturated carbocycles. The van der Waals surface area contributed by atoms with E-state index < -0.39 is 15.8 Å². The number of hydrogen-bond donors (Lipinski definition) is 2. The minimum absolute atomic E-state index is 0.109. The van der Waals surface area contributed by atoms with Crippen molar-refractivity contribution in [3.63, 3.8) is 0 Å². The number of halogens is 1. The van der Waals surface area contributed by atoms with E-state index >= 15 is 0 Å². The Bertz CT molecular complexity index is 560. The predicted octanol–water partition coefficient (Wildman–Crippen LogP) is 1.56. The van der Waals surface area contributed by atoms with Crippen molar-refractivity contribution in [3.05, 3.63) is 23.5 Å². The summed E-state index contributed by atoms with van der Waals surface area (Å²) in [7, 11) is -3.74. The van der Waals surface area contributed by atoms with E-state index in [9.17, 15) is 12.8 Å². The molecule has 112 valence electrons. The van der Waals surface area contributed by atoms with E-state index in [4.69, 9.17) is 10.5 Å². The van der Waals surface area contributed by atoms with Gasteiger partial charge in [0.2, 0.25) is 10.0 Å². The van der Waals surface area contributed by atoms with Crippen LogP contribution in [-0.4, -0.2) is 27.7 Å². The van der Waals surface area contributed by atoms with Gasteiger partial charge in [0.25, 0.3) is 0 Å². The van der Waals surface area contributed by atoms with Gasteiger partial charge in [-0.05, 0) is 38.3 Å². The molecule has 1 aromatic carbocycles. The second-order valence-corrected chi connectivity index (χ2v) is 6.71. The molecule has 1 fully saturated rings. The third kappa shape index (κ3) is 3.47. The lowest BCUT2D eigenvalue weighted by atomic mass is 10.2. The van der Waals surface area contributed by atoms with Crippen LogP contribution in [0.2, 0.25) is 0 Å². The Hall–Kier alpha value is -1.18. The molecule has 1 atom stereocenters. The molecular formula is C13H19FN2O3S. The van der Waals surface area contributed by atoms with Crippen molar-refractivity contribution in [3.8, 4) is 0 Å². The van der Waals surface area contributed by atoms with Crippen molar-refractivity contribution >= 4 is 15.7 Å². The van der Waals surface area contributed by atoms with Crippen molar-refractivity contribution in [2.75, 3.05) is 18.9 Å². The van der Waals surface area contributed by atoms with Gasteiger partial charge in [-0.25, -0.2) is 17.5 Å². The molecule has 7 heteroatoms. The number of sulfonamides is 1. The largest absolute Gasteiger partial charge is 0.398 e. The zero-order chi connectivity index (χ0) is 14.8. The number of anilines is 1. The maximum atomic E-state index is 13.5. The van der Waals surface area contributed by atoms with Crippen LogP contribution in [0.1, 0.15) is 24.8 Å². The van der Waals surface area contributed by atoms with Gasteiger partial charge in [-0.1, -0.05) is 0 Å². The lowest BCUT2D eigenvalue weighted by molar-refractivity contribution is 0.105. The van der Waals surface area contributed by atoms with Gasteiger partial charge in [-0.3, -0.25) is 0 Å². The van der Waals surface area contributed by atoms with Crippen LogP contribution in [0.4, 0.5) is 10.1 Å². The smallest absolute Gasteiger partial charge is 0.240 e. The zero-order valence-electron chi connectivity index (χ0n) is 11.4. The summed E-state index contributed by atoms with van der Waals surface area (Å²) in [6.45, 7) is 2.51. The first-order chi connectivity index (χ1) is 9.40. The molecule has 0 bridgehead atoms. The highest BCUT2D eigenvalue weighted by atomic mass is 32.2. The van der Waals surface area contributed by atoms with Gasteiger partial charge >= 0.3 is 0 Å². The number of ether oxygens (including phenoxy) is 1. The van der Waals surface area contributed by atoms with Crippen LogP contribution >= 0.6 is 0 Å². The molecule has 0 aliphatic carbocycles. The fourth-order valence-corrected chi connectivity index (χ4v) is 3.23. The minimum atomic E-state index is -3.74. The molecule has 20 heavy (non-hydrogen) atoms. The van der Waals surface area contributed by atoms with Crippen LogP contribution in [0.15, 0.2) is 17.0 Å². The molecule has 1 saturated heterocycles. The molecule has 0 radical (unpaired) electrons. The second kappa shape index (κ2) is 6.07. The summed E-state index contributed by atoms with van der Waals surface area (Å²) in [4.78, 5) is -0.148. The molecule has 0 spiro atoms. The van der Waals surface area contributed by atoms with Crippen molar-refractivity contribution < 1.29 is 17.5 Å². The molecule has 2 rings (SSSR count). The maximum absolute atomic E-state index is 13.5. The highest BCUT2D eigenvalue weighted by Crippen LogP contribution is 2.21. The monoisotopic (exact) mass is 302 g/mol. The average Bonchev–Trinajstić information content (AvgIpc) is 2.88. The van der Waals surface area contributed by atoms with Gasteiger partial charge in [0.05, 0.1) is 11.0 Å². The Labute approximate surface area is 118 Å². The van der Waals surface area contributed by atoms with Crippen LogP contribution in [0.25, 0.3) is 0 Å². The fraction of sp³-hybridized carbons (Fsp3) is 0.538. The van der Waals surface area contributed by atoms with E-state index in [0.29, 0.717) is 6.42 Å². The summed E-state index contributed by atoms with van der Waals surface area (Å²) in [6, 6.07) is 2.26. The number of hydrogen-bond acceptors (Lipinski definition) is 4. The van der Waals surface area contributed by atoms with Crippen molar-refractivity contribution in [1.29, 1.82) is 0 Å². The summed E-state index contributed by atoms with van der Waals surface area (Å²) >= 11 is 0. The highest BCUT2D eigenvalue weighted by Gasteiger charge is 2.19. The van der Waals surface area contributed by atoms with E-state index in [1.54, 1.807) is 0 Å². The first-order valence-electron chi connectivity index (χ1n) is 6.57. The van der Waals surface area contributed by atoms with Gasteiger partial charge in [-0.2, -0.15) is 0 Å². The Morgan fingerprint density at radius 1 is 1.50 bits per heavy atom. The molecule has 1 unspecified atom stereocenters. The molecular weight excluding hydrogens is 283 g/mol. The number of benzene rings is 1. The minimum Gasteiger partial charge on any atom is -0.398 e. The molecule has 0 amide bonds. The van der Waals surface area contributed by atoms with E-state index in [2.05, 4.69) is 4.72 Å². The first-order valence-corrected chi connectivity index (χ1v) is 8.05. The number of rotatable bonds is 5. The molecule has 1 aromatic rings. The number of nitrogens with two attached hydrogens (primary N) is 1. The predicted molar refractivity (Wildman–Crippen MR) is 74.3 cm³/mol. The standard InChI is InChI=1S/C13H19FN2O3S/c1-9-12(14)7-11(8-13(9)15)20(17,18)16-5-4-10-3-2-6-19-10/h7-8,10,16H,2-6,15H2,1H3. The summed E-state index contributed by atoms with van der Waals surface area (Å²) in [5.41, 5.74) is 5.98. The lowest BCUT2D eigenvalue weighted by Gasteiger charge is -2.12. The summed E-state index contributed by atoms with van der Waals surface area (Å²) < 4.78 is 45.5. The van der Waals surface area contributed by atoms with Crippen molar-refractivity contribution in [2.45, 2.75) is 37.2 Å². The van der Waals surface area contributed by atoms with Crippen molar-refractivity contribution in [1.82, 2.24) is 4.72 Å². The molecule has 0 aromatic heterocycles. The molecule has 1 aliphatic heterocycles. The number of nitrogens with one attached hydrogen (secondary N) is 1. The quantitative estimate of drug-likeness (QED) is 0.809. The van der Waals surface area contributed by atoms with E-state index in [0.717, 1.165) is 25.5 Å². The molecule has 1 aliphatic rings. The third-order valence-corrected chi connectivity index (χ3v) is 4.89. The summed E-state index contributed by atoms with van der Waals surface area (Å²) in [6.07, 6.45) is 2.69. The first kappa shape index (κ1) is 15.2. The third-order valence-electron chi connectivity index (χ3n) is 3.45. The van der Waals surface area contributed by atoms with Gasteiger partial charge in [0.15, 0.2) is 0 Å². The molecule has 1 heterocycles. The number of nitrogen functional groups attached to an aromatic ring is 1. The van der Waals surface area contributed by atoms with E-state index in [-0.39, 0.29) is 28.8 Å². The molecule has 5 nitrogen and oxygen atoms in total. The van der Waals surface area contributed by atoms with E-state index in [1.807, 2.05) is 0 Å². The van der Waals surface area contributed by atoms with Crippen LogP contribution in [-0.2, 0) is 14.8 Å². The van der Waals surface area contributed by atoms with Gasteiger partial charge in [0, 0.05) is 24.4 Å². The van der Waals surface area contributed by atoms with Crippen LogP contribution < -0.4 is 10.5 Å². The van der Waals surface area contributed by atoms with Gasteiger partial charge in [0.1, 0.15) is 5.82 Å². The van der Waals surface area contributed by atoms with Crippen LogP contribution in [0.5, 0.6) is 0 Å². The Balaban J connectivity index is 2.02. The van der Waals surface area contributed by atoms with Gasteiger partial charge in [-0.15, -0.1) is 0 Å². The van der Waals surface area contributed by atoms with Crippen molar-refractivity contribution in [2.24, 2.45) is 0 Å². The van der Waals surface area contributed by atoms with Crippen LogP contribution in [0.3, 0.4) is 0 Å². The van der Waals surface area contributed by atoms with E-state index in [1.165, 1.54) is 13.0 Å².